The smallest absolute Gasteiger partial charge is 0.322 e. The van der Waals surface area contributed by atoms with Crippen LogP contribution in [-0.4, -0.2) is 46.7 Å². The lowest BCUT2D eigenvalue weighted by Gasteiger charge is -2.24. The Morgan fingerprint density at radius 2 is 1.71 bits per heavy atom. The minimum atomic E-state index is -4.12. The molecule has 0 spiro atoms. The van der Waals surface area contributed by atoms with Gasteiger partial charge in [-0.1, -0.05) is 98.7 Å². The average molecular weight is 644 g/mol. The number of hydrogen-bond acceptors (Lipinski definition) is 4. The largest absolute Gasteiger partial charge is 0.480 e. The first-order valence-corrected chi connectivity index (χ1v) is 17.0. The lowest BCUT2D eigenvalue weighted by molar-refractivity contribution is -0.141. The van der Waals surface area contributed by atoms with Crippen molar-refractivity contribution in [2.45, 2.75) is 61.3 Å². The molecule has 0 fully saturated rings. The molecule has 1 heterocycles. The Labute approximate surface area is 270 Å². The van der Waals surface area contributed by atoms with Gasteiger partial charge in [0.1, 0.15) is 10.9 Å². The number of sulfonamides is 1. The second kappa shape index (κ2) is 14.0. The molecule has 1 aliphatic rings. The number of hydrogen-bond donors (Lipinski definition) is 1. The number of carboxylic acid groups (broad SMARTS) is 1. The number of nitrogens with zero attached hydrogens (tertiary/aromatic N) is 3. The van der Waals surface area contributed by atoms with E-state index in [1.165, 1.54) is 37.6 Å². The lowest BCUT2D eigenvalue weighted by atomic mass is 9.95. The second-order valence-electron chi connectivity index (χ2n) is 11.4. The highest BCUT2D eigenvalue weighted by Gasteiger charge is 2.34. The predicted molar refractivity (Wildman–Crippen MR) is 179 cm³/mol. The van der Waals surface area contributed by atoms with Gasteiger partial charge in [-0.2, -0.15) is 9.40 Å². The van der Waals surface area contributed by atoms with Crippen LogP contribution in [-0.2, 0) is 32.5 Å². The van der Waals surface area contributed by atoms with Gasteiger partial charge in [-0.05, 0) is 67.1 Å². The van der Waals surface area contributed by atoms with Crippen molar-refractivity contribution in [1.82, 2.24) is 14.1 Å². The molecule has 0 saturated carbocycles. The van der Waals surface area contributed by atoms with E-state index in [0.29, 0.717) is 17.8 Å². The molecule has 0 amide bonds. The number of aromatic nitrogens is 2. The summed E-state index contributed by atoms with van der Waals surface area (Å²) in [5.74, 6) is -1.21. The maximum Gasteiger partial charge on any atom is 0.322 e. The van der Waals surface area contributed by atoms with Crippen molar-refractivity contribution in [1.29, 1.82) is 0 Å². The Hall–Kier alpha value is -3.98. The fourth-order valence-electron chi connectivity index (χ4n) is 5.49. The van der Waals surface area contributed by atoms with E-state index in [4.69, 9.17) is 16.7 Å². The summed E-state index contributed by atoms with van der Waals surface area (Å²) < 4.78 is 29.9. The fourth-order valence-corrected chi connectivity index (χ4v) is 7.06. The van der Waals surface area contributed by atoms with Gasteiger partial charge in [-0.15, -0.1) is 11.6 Å². The fraction of sp³-hybridized carbons (Fsp3) is 0.278. The van der Waals surface area contributed by atoms with Crippen LogP contribution in [0.1, 0.15) is 49.4 Å². The van der Waals surface area contributed by atoms with Crippen LogP contribution >= 0.6 is 11.6 Å². The summed E-state index contributed by atoms with van der Waals surface area (Å²) in [4.78, 5) is 11.3. The Kier molecular flexibility index (Phi) is 10.1. The van der Waals surface area contributed by atoms with Crippen molar-refractivity contribution in [3.05, 3.63) is 126 Å². The Balaban J connectivity index is 1.47. The van der Waals surface area contributed by atoms with E-state index in [-0.39, 0.29) is 11.3 Å². The minimum absolute atomic E-state index is 0.00686. The minimum Gasteiger partial charge on any atom is -0.480 e. The normalized spacial score (nSPS) is 17.1. The number of carboxylic acids is 1. The van der Waals surface area contributed by atoms with E-state index in [1.54, 1.807) is 41.1 Å². The zero-order valence-corrected chi connectivity index (χ0v) is 27.1. The molecule has 4 aromatic rings. The third-order valence-corrected chi connectivity index (χ3v) is 10.6. The number of halogens is 1. The first kappa shape index (κ1) is 32.4. The van der Waals surface area contributed by atoms with E-state index in [1.807, 2.05) is 36.4 Å². The SMILES string of the molecule is CCCCCc1ccc(-c2cc(C3(Cl)C=CC=CC3)nn2-c2ccc(S(=O)(=O)N(C)C(Cc3ccccc3)C(=O)O)cc2)cc1. The molecule has 5 rings (SSSR count). The van der Waals surface area contributed by atoms with Gasteiger partial charge in [-0.3, -0.25) is 4.79 Å². The van der Waals surface area contributed by atoms with Gasteiger partial charge in [0.05, 0.1) is 22.0 Å². The van der Waals surface area contributed by atoms with Gasteiger partial charge in [0, 0.05) is 12.6 Å². The van der Waals surface area contributed by atoms with Gasteiger partial charge in [0.15, 0.2) is 0 Å². The number of aryl methyl sites for hydroxylation is 1. The Bertz CT molecular complexity index is 1780. The van der Waals surface area contributed by atoms with E-state index in [9.17, 15) is 18.3 Å². The van der Waals surface area contributed by atoms with Crippen LogP contribution in [0.5, 0.6) is 0 Å². The summed E-state index contributed by atoms with van der Waals surface area (Å²) in [5, 5.41) is 14.8. The third-order valence-electron chi connectivity index (χ3n) is 8.23. The molecule has 0 saturated heterocycles. The molecule has 234 valence electrons. The highest BCUT2D eigenvalue weighted by molar-refractivity contribution is 7.89. The molecule has 45 heavy (non-hydrogen) atoms. The molecular formula is C36H38ClN3O4S. The average Bonchev–Trinajstić information content (AvgIpc) is 3.51. The van der Waals surface area contributed by atoms with E-state index in [2.05, 4.69) is 31.2 Å². The number of likely N-dealkylation sites (N-methyl/N-ethyl adjacent to an activating group) is 1. The molecular weight excluding hydrogens is 606 g/mol. The van der Waals surface area contributed by atoms with E-state index < -0.39 is 26.9 Å². The molecule has 3 aromatic carbocycles. The molecule has 1 aromatic heterocycles. The van der Waals surface area contributed by atoms with Crippen molar-refractivity contribution in [2.24, 2.45) is 0 Å². The van der Waals surface area contributed by atoms with Crippen molar-refractivity contribution in [3.63, 3.8) is 0 Å². The lowest BCUT2D eigenvalue weighted by Crippen LogP contribution is -2.43. The van der Waals surface area contributed by atoms with Gasteiger partial charge in [-0.25, -0.2) is 13.1 Å². The summed E-state index contributed by atoms with van der Waals surface area (Å²) in [6.45, 7) is 2.20. The van der Waals surface area contributed by atoms with E-state index in [0.717, 1.165) is 34.0 Å². The van der Waals surface area contributed by atoms with Crippen LogP contribution < -0.4 is 0 Å². The molecule has 2 atom stereocenters. The van der Waals surface area contributed by atoms with Gasteiger partial charge in [0.2, 0.25) is 10.0 Å². The van der Waals surface area contributed by atoms with Gasteiger partial charge >= 0.3 is 5.97 Å². The maximum atomic E-state index is 13.6. The zero-order chi connectivity index (χ0) is 32.0. The predicted octanol–water partition coefficient (Wildman–Crippen LogP) is 7.54. The number of benzene rings is 3. The van der Waals surface area contributed by atoms with Crippen molar-refractivity contribution >= 4 is 27.6 Å². The van der Waals surface area contributed by atoms with Crippen LogP contribution in [0.15, 0.2) is 114 Å². The van der Waals surface area contributed by atoms with Gasteiger partial charge in [0.25, 0.3) is 0 Å². The third kappa shape index (κ3) is 7.30. The summed E-state index contributed by atoms with van der Waals surface area (Å²) in [6.07, 6.45) is 13.0. The van der Waals surface area contributed by atoms with Crippen LogP contribution in [0.25, 0.3) is 16.9 Å². The summed E-state index contributed by atoms with van der Waals surface area (Å²) in [5.41, 5.74) is 5.14. The van der Waals surface area contributed by atoms with Crippen molar-refractivity contribution < 1.29 is 18.3 Å². The molecule has 1 N–H and O–H groups in total. The van der Waals surface area contributed by atoms with Gasteiger partial charge < -0.3 is 5.11 Å². The first-order chi connectivity index (χ1) is 21.6. The zero-order valence-electron chi connectivity index (χ0n) is 25.5. The number of alkyl halides is 1. The molecule has 0 aliphatic heterocycles. The molecule has 0 radical (unpaired) electrons. The number of rotatable bonds is 13. The maximum absolute atomic E-state index is 13.6. The molecule has 1 aliphatic carbocycles. The van der Waals surface area contributed by atoms with Crippen LogP contribution in [0.2, 0.25) is 0 Å². The number of aliphatic carboxylic acids is 1. The molecule has 0 bridgehead atoms. The van der Waals surface area contributed by atoms with Crippen LogP contribution in [0.3, 0.4) is 0 Å². The van der Waals surface area contributed by atoms with Crippen LogP contribution in [0.4, 0.5) is 0 Å². The summed E-state index contributed by atoms with van der Waals surface area (Å²) in [7, 11) is -2.81. The number of allylic oxidation sites excluding steroid dienone is 4. The Morgan fingerprint density at radius 1 is 1.00 bits per heavy atom. The highest BCUT2D eigenvalue weighted by atomic mass is 35.5. The van der Waals surface area contributed by atoms with E-state index >= 15 is 0 Å². The molecule has 2 unspecified atom stereocenters. The van der Waals surface area contributed by atoms with Crippen molar-refractivity contribution in [3.8, 4) is 16.9 Å². The number of unbranched alkanes of at least 4 members (excludes halogenated alkanes) is 2. The second-order valence-corrected chi connectivity index (χ2v) is 14.1. The van der Waals surface area contributed by atoms with Crippen LogP contribution in [0, 0.1) is 0 Å². The molecule has 9 heteroatoms. The Morgan fingerprint density at radius 3 is 2.33 bits per heavy atom. The monoisotopic (exact) mass is 643 g/mol. The standard InChI is InChI=1S/C36H38ClN3O4S/c1-3-4-7-12-27-15-17-29(18-16-27)32-26-34(36(37)23-10-6-11-24-36)38-40(32)30-19-21-31(22-20-30)45(43,44)39(2)33(35(41)42)25-28-13-8-5-9-14-28/h5-6,8-11,13-23,26,33H,3-4,7,12,24-25H2,1-2H3,(H,41,42). The summed E-state index contributed by atoms with van der Waals surface area (Å²) >= 11 is 7.04. The highest BCUT2D eigenvalue weighted by Crippen LogP contribution is 2.39. The first-order valence-electron chi connectivity index (χ1n) is 15.2. The number of carbonyl (C=O) groups is 1. The summed E-state index contributed by atoms with van der Waals surface area (Å²) in [6, 6.07) is 24.5. The quantitative estimate of drug-likeness (QED) is 0.120. The topological polar surface area (TPSA) is 92.5 Å². The molecule has 7 nitrogen and oxygen atoms in total. The van der Waals surface area contributed by atoms with Crippen molar-refractivity contribution in [2.75, 3.05) is 7.05 Å².